The fraction of sp³-hybridized carbons (Fsp3) is 0.611. The first-order chi connectivity index (χ1) is 11.5. The summed E-state index contributed by atoms with van der Waals surface area (Å²) in [4.78, 5) is 16.4. The van der Waals surface area contributed by atoms with Gasteiger partial charge in [0.1, 0.15) is 11.3 Å². The molecule has 4 aliphatic carbocycles. The quantitative estimate of drug-likeness (QED) is 0.608. The summed E-state index contributed by atoms with van der Waals surface area (Å²) in [7, 11) is 0. The predicted octanol–water partition coefficient (Wildman–Crippen LogP) is 4.01. The molecule has 0 saturated heterocycles. The molecular weight excluding hydrogens is 311 g/mol. The van der Waals surface area contributed by atoms with E-state index in [1.54, 1.807) is 12.1 Å². The summed E-state index contributed by atoms with van der Waals surface area (Å²) in [5.41, 5.74) is 0.443. The van der Waals surface area contributed by atoms with Crippen LogP contribution in [0.5, 0.6) is 0 Å². The Labute approximate surface area is 139 Å². The Kier molecular flexibility index (Phi) is 2.73. The van der Waals surface area contributed by atoms with E-state index in [1.807, 2.05) is 0 Å². The minimum absolute atomic E-state index is 0.0713. The van der Waals surface area contributed by atoms with Crippen molar-refractivity contribution in [2.45, 2.75) is 49.8 Å². The summed E-state index contributed by atoms with van der Waals surface area (Å²) in [5, 5.41) is 15.1. The van der Waals surface area contributed by atoms with Crippen LogP contribution in [0.4, 0.5) is 10.1 Å². The third-order valence-electron chi connectivity index (χ3n) is 6.68. The Bertz CT molecular complexity index is 729. The molecule has 1 aromatic carbocycles. The van der Waals surface area contributed by atoms with E-state index in [4.69, 9.17) is 4.84 Å². The van der Waals surface area contributed by atoms with Gasteiger partial charge in [-0.2, -0.15) is 0 Å². The zero-order chi connectivity index (χ0) is 16.5. The molecule has 4 bridgehead atoms. The number of hydrogen-bond acceptors (Lipinski definition) is 4. The van der Waals surface area contributed by atoms with Crippen LogP contribution in [0.25, 0.3) is 0 Å². The van der Waals surface area contributed by atoms with Gasteiger partial charge in [0, 0.05) is 30.4 Å². The Morgan fingerprint density at radius 3 is 2.42 bits per heavy atom. The van der Waals surface area contributed by atoms with Crippen LogP contribution in [0.15, 0.2) is 29.4 Å². The normalized spacial score (nSPS) is 42.2. The van der Waals surface area contributed by atoms with E-state index < -0.39 is 10.6 Å². The number of oxime groups is 1. The van der Waals surface area contributed by atoms with E-state index in [0.717, 1.165) is 30.5 Å². The highest BCUT2D eigenvalue weighted by Gasteiger charge is 2.66. The molecule has 5 aliphatic rings. The Hall–Kier alpha value is -1.98. The number of hydrogen-bond donors (Lipinski definition) is 0. The van der Waals surface area contributed by atoms with Gasteiger partial charge in [-0.05, 0) is 55.7 Å². The van der Waals surface area contributed by atoms with Crippen LogP contribution in [0.1, 0.15) is 44.1 Å². The first-order valence-electron chi connectivity index (χ1n) is 8.66. The van der Waals surface area contributed by atoms with E-state index in [2.05, 4.69) is 5.16 Å². The number of halogens is 1. The second kappa shape index (κ2) is 4.55. The lowest BCUT2D eigenvalue weighted by atomic mass is 9.48. The van der Waals surface area contributed by atoms with Gasteiger partial charge in [-0.1, -0.05) is 5.16 Å². The molecule has 3 unspecified atom stereocenters. The van der Waals surface area contributed by atoms with Gasteiger partial charge < -0.3 is 4.84 Å². The fourth-order valence-corrected chi connectivity index (χ4v) is 5.80. The summed E-state index contributed by atoms with van der Waals surface area (Å²) in [5.74, 6) is 0.992. The van der Waals surface area contributed by atoms with Gasteiger partial charge in [0.2, 0.25) is 0 Å². The summed E-state index contributed by atoms with van der Waals surface area (Å²) >= 11 is 0. The maximum absolute atomic E-state index is 14.9. The van der Waals surface area contributed by atoms with Crippen LogP contribution in [0, 0.1) is 27.9 Å². The first-order valence-corrected chi connectivity index (χ1v) is 8.66. The second-order valence-corrected chi connectivity index (χ2v) is 8.06. The maximum Gasteiger partial charge on any atom is 0.269 e. The molecule has 4 fully saturated rings. The smallest absolute Gasteiger partial charge is 0.269 e. The van der Waals surface area contributed by atoms with Gasteiger partial charge in [0.25, 0.3) is 5.69 Å². The number of alkyl halides is 1. The Morgan fingerprint density at radius 2 is 1.83 bits per heavy atom. The van der Waals surface area contributed by atoms with E-state index in [1.165, 1.54) is 12.1 Å². The predicted molar refractivity (Wildman–Crippen MR) is 85.5 cm³/mol. The van der Waals surface area contributed by atoms with Crippen LogP contribution in [0.3, 0.4) is 0 Å². The Morgan fingerprint density at radius 1 is 1.17 bits per heavy atom. The molecule has 1 aromatic rings. The molecule has 1 spiro atoms. The van der Waals surface area contributed by atoms with Gasteiger partial charge in [-0.25, -0.2) is 4.39 Å². The molecule has 0 aromatic heterocycles. The number of nitrogens with zero attached hydrogens (tertiary/aromatic N) is 2. The molecule has 5 atom stereocenters. The highest BCUT2D eigenvalue weighted by atomic mass is 19.1. The zero-order valence-corrected chi connectivity index (χ0v) is 13.3. The van der Waals surface area contributed by atoms with Crippen molar-refractivity contribution in [1.29, 1.82) is 0 Å². The molecule has 1 aliphatic heterocycles. The molecule has 0 N–H and O–H groups in total. The van der Waals surface area contributed by atoms with E-state index >= 15 is 0 Å². The second-order valence-electron chi connectivity index (χ2n) is 8.06. The number of nitro benzene ring substituents is 1. The van der Waals surface area contributed by atoms with Crippen molar-refractivity contribution < 1.29 is 14.2 Å². The average Bonchev–Trinajstić information content (AvgIpc) is 2.98. The lowest BCUT2D eigenvalue weighted by Gasteiger charge is -2.60. The van der Waals surface area contributed by atoms with Gasteiger partial charge in [0.15, 0.2) is 0 Å². The van der Waals surface area contributed by atoms with Crippen LogP contribution in [0.2, 0.25) is 0 Å². The SMILES string of the molecule is O=[N+]([O-])c1ccc(C2=NOC3(C2)[C@@H]2CC4C[C@H]3CC(F)(C4)C2)cc1. The van der Waals surface area contributed by atoms with Crippen molar-refractivity contribution in [3.63, 3.8) is 0 Å². The minimum Gasteiger partial charge on any atom is -0.388 e. The van der Waals surface area contributed by atoms with Gasteiger partial charge in [0.05, 0.1) is 10.6 Å². The number of benzene rings is 1. The zero-order valence-electron chi connectivity index (χ0n) is 13.3. The Balaban J connectivity index is 1.41. The van der Waals surface area contributed by atoms with Gasteiger partial charge in [-0.15, -0.1) is 0 Å². The summed E-state index contributed by atoms with van der Waals surface area (Å²) in [6.07, 6.45) is 4.72. The summed E-state index contributed by atoms with van der Waals surface area (Å²) < 4.78 is 14.9. The molecule has 4 saturated carbocycles. The van der Waals surface area contributed by atoms with Gasteiger partial charge >= 0.3 is 0 Å². The molecule has 1 heterocycles. The third-order valence-corrected chi connectivity index (χ3v) is 6.68. The summed E-state index contributed by atoms with van der Waals surface area (Å²) in [6, 6.07) is 6.45. The highest BCUT2D eigenvalue weighted by Crippen LogP contribution is 2.64. The first kappa shape index (κ1) is 14.4. The van der Waals surface area contributed by atoms with Gasteiger partial charge in [-0.3, -0.25) is 10.1 Å². The van der Waals surface area contributed by atoms with Crippen molar-refractivity contribution >= 4 is 11.4 Å². The van der Waals surface area contributed by atoms with Crippen LogP contribution in [-0.2, 0) is 4.84 Å². The molecule has 24 heavy (non-hydrogen) atoms. The van der Waals surface area contributed by atoms with Crippen molar-refractivity contribution in [2.24, 2.45) is 22.9 Å². The lowest BCUT2D eigenvalue weighted by Crippen LogP contribution is -2.62. The number of nitro groups is 1. The highest BCUT2D eigenvalue weighted by molar-refractivity contribution is 6.01. The molecular formula is C18H19FN2O3. The number of non-ortho nitro benzene ring substituents is 1. The van der Waals surface area contributed by atoms with E-state index in [0.29, 0.717) is 25.2 Å². The largest absolute Gasteiger partial charge is 0.388 e. The van der Waals surface area contributed by atoms with Crippen molar-refractivity contribution in [3.8, 4) is 0 Å². The molecule has 6 rings (SSSR count). The van der Waals surface area contributed by atoms with Crippen LogP contribution in [-0.4, -0.2) is 21.9 Å². The van der Waals surface area contributed by atoms with Crippen molar-refractivity contribution in [2.75, 3.05) is 0 Å². The van der Waals surface area contributed by atoms with E-state index in [9.17, 15) is 14.5 Å². The number of rotatable bonds is 2. The monoisotopic (exact) mass is 330 g/mol. The molecule has 0 amide bonds. The lowest BCUT2D eigenvalue weighted by molar-refractivity contribution is -0.384. The topological polar surface area (TPSA) is 64.7 Å². The maximum atomic E-state index is 14.9. The van der Waals surface area contributed by atoms with Crippen molar-refractivity contribution in [3.05, 3.63) is 39.9 Å². The molecule has 0 radical (unpaired) electrons. The van der Waals surface area contributed by atoms with Crippen LogP contribution < -0.4 is 0 Å². The minimum atomic E-state index is -0.985. The molecule has 5 nitrogen and oxygen atoms in total. The fourth-order valence-electron chi connectivity index (χ4n) is 5.80. The molecule has 6 heteroatoms. The third kappa shape index (κ3) is 1.88. The van der Waals surface area contributed by atoms with Crippen LogP contribution >= 0.6 is 0 Å². The molecule has 126 valence electrons. The van der Waals surface area contributed by atoms with Crippen molar-refractivity contribution in [1.82, 2.24) is 0 Å². The average molecular weight is 330 g/mol. The van der Waals surface area contributed by atoms with E-state index in [-0.39, 0.29) is 23.1 Å². The summed E-state index contributed by atoms with van der Waals surface area (Å²) in [6.45, 7) is 0. The standard InChI is InChI=1S/C18H19FN2O3/c19-17-7-11-5-13(8-17)18(14(6-11)9-17)10-16(20-24-18)12-1-3-15(4-2-12)21(22)23/h1-4,11,13-14H,5-10H2/t11?,13-,14+,17?,18?.